The molecule has 2 nitrogen and oxygen atoms in total. The molecule has 13 heavy (non-hydrogen) atoms. The van der Waals surface area contributed by atoms with Gasteiger partial charge in [0.15, 0.2) is 5.78 Å². The zero-order valence-electron chi connectivity index (χ0n) is 14.1. The molecule has 0 fully saturated rings. The van der Waals surface area contributed by atoms with Crippen molar-refractivity contribution in [1.82, 2.24) is 0 Å². The van der Waals surface area contributed by atoms with Crippen molar-refractivity contribution >= 4 is 5.78 Å². The molecule has 0 radical (unpaired) electrons. The van der Waals surface area contributed by atoms with Crippen LogP contribution in [0, 0.1) is 0 Å². The second-order valence-corrected chi connectivity index (χ2v) is 2.55. The molecule has 0 bridgehead atoms. The van der Waals surface area contributed by atoms with Crippen molar-refractivity contribution in [2.24, 2.45) is 0 Å². The van der Waals surface area contributed by atoms with Crippen LogP contribution in [0.5, 0.6) is 0 Å². The maximum Gasteiger partial charge on any atom is 0.159 e. The van der Waals surface area contributed by atoms with Crippen LogP contribution in [-0.2, 0) is 12.9 Å². The van der Waals surface area contributed by atoms with Crippen molar-refractivity contribution in [3.63, 3.8) is 0 Å². The minimum Gasteiger partial charge on any atom is -0.392 e. The third-order valence-corrected chi connectivity index (χ3v) is 1.68. The molecule has 0 aliphatic heterocycles. The Morgan fingerprint density at radius 3 is 2.92 bits per heavy atom. The van der Waals surface area contributed by atoms with Crippen molar-refractivity contribution in [1.29, 1.82) is 0 Å². The van der Waals surface area contributed by atoms with E-state index >= 15 is 0 Å². The van der Waals surface area contributed by atoms with Crippen molar-refractivity contribution < 1.29 is 19.5 Å². The van der Waals surface area contributed by atoms with Gasteiger partial charge >= 0.3 is 0 Å². The summed E-state index contributed by atoms with van der Waals surface area (Å²) < 4.78 is 51.6. The molecule has 1 aromatic rings. The van der Waals surface area contributed by atoms with Crippen molar-refractivity contribution in [3.05, 3.63) is 34.9 Å². The summed E-state index contributed by atoms with van der Waals surface area (Å²) >= 11 is 0. The van der Waals surface area contributed by atoms with Crippen LogP contribution in [0.15, 0.2) is 18.2 Å². The average Bonchev–Trinajstić information content (AvgIpc) is 2.25. The quantitative estimate of drug-likeness (QED) is 0.731. The van der Waals surface area contributed by atoms with E-state index in [2.05, 4.69) is 0 Å². The molecule has 0 unspecified atom stereocenters. The van der Waals surface area contributed by atoms with E-state index < -0.39 is 36.7 Å². The van der Waals surface area contributed by atoms with E-state index in [0.717, 1.165) is 12.1 Å². The van der Waals surface area contributed by atoms with E-state index in [4.69, 9.17) is 9.60 Å². The first-order valence-corrected chi connectivity index (χ1v) is 3.67. The van der Waals surface area contributed by atoms with Crippen LogP contribution in [0.2, 0.25) is 0 Å². The molecule has 1 rings (SSSR count). The predicted molar refractivity (Wildman–Crippen MR) is 51.7 cm³/mol. The fraction of sp³-hybridized carbons (Fsp3) is 0.364. The average molecular weight is 185 g/mol. The van der Waals surface area contributed by atoms with Gasteiger partial charge in [0.1, 0.15) is 0 Å². The summed E-state index contributed by atoms with van der Waals surface area (Å²) in [5.41, 5.74) is -1.03. The van der Waals surface area contributed by atoms with E-state index in [9.17, 15) is 9.90 Å². The van der Waals surface area contributed by atoms with Gasteiger partial charge in [-0.1, -0.05) is 19.0 Å². The van der Waals surface area contributed by atoms with Crippen LogP contribution in [-0.4, -0.2) is 10.9 Å². The first kappa shape index (κ1) is 3.93. The maximum atomic E-state index is 11.3. The molecule has 0 aliphatic rings. The highest BCUT2D eigenvalue weighted by Crippen LogP contribution is 2.13. The smallest absolute Gasteiger partial charge is 0.159 e. The lowest BCUT2D eigenvalue weighted by atomic mass is 10.0. The molecule has 70 valence electrons. The lowest BCUT2D eigenvalue weighted by Gasteiger charge is -2.06. The van der Waals surface area contributed by atoms with Crippen molar-refractivity contribution in [2.75, 3.05) is 0 Å². The van der Waals surface area contributed by atoms with Crippen molar-refractivity contribution in [3.8, 4) is 0 Å². The fourth-order valence-corrected chi connectivity index (χ4v) is 0.964. The lowest BCUT2D eigenvalue weighted by molar-refractivity contribution is 0.101. The largest absolute Gasteiger partial charge is 0.392 e. The van der Waals surface area contributed by atoms with Crippen LogP contribution in [0.3, 0.4) is 0 Å². The second-order valence-electron chi connectivity index (χ2n) is 2.55. The maximum absolute atomic E-state index is 11.3. The Balaban J connectivity index is 3.64. The number of carbonyl (C=O) groups excluding carboxylic acids is 1. The first-order chi connectivity index (χ1) is 8.78. The van der Waals surface area contributed by atoms with Gasteiger partial charge in [-0.15, -0.1) is 0 Å². The van der Waals surface area contributed by atoms with Gasteiger partial charge in [-0.25, -0.2) is 0 Å². The lowest BCUT2D eigenvalue weighted by Crippen LogP contribution is -1.98. The third kappa shape index (κ3) is 2.16. The molecule has 0 saturated heterocycles. The van der Waals surface area contributed by atoms with Gasteiger partial charge in [0, 0.05) is 12.4 Å². The van der Waals surface area contributed by atoms with Gasteiger partial charge in [0.2, 0.25) is 0 Å². The molecule has 0 spiro atoms. The van der Waals surface area contributed by atoms with E-state index in [0.29, 0.717) is 0 Å². The van der Waals surface area contributed by atoms with E-state index in [1.165, 1.54) is 13.0 Å². The molecule has 1 N–H and O–H groups in total. The van der Waals surface area contributed by atoms with Gasteiger partial charge < -0.3 is 5.11 Å². The minimum absolute atomic E-state index is 0.0427. The topological polar surface area (TPSA) is 37.3 Å². The summed E-state index contributed by atoms with van der Waals surface area (Å²) in [5, 5.41) is 9.43. The van der Waals surface area contributed by atoms with Gasteiger partial charge in [-0.2, -0.15) is 0 Å². The molecule has 0 atom stereocenters. The Hall–Kier alpha value is -1.15. The van der Waals surface area contributed by atoms with Crippen LogP contribution >= 0.6 is 0 Å². The zero-order chi connectivity index (χ0) is 15.9. The number of ketones is 1. The second kappa shape index (κ2) is 4.19. The fourth-order valence-electron chi connectivity index (χ4n) is 0.964. The summed E-state index contributed by atoms with van der Waals surface area (Å²) in [7, 11) is 0. The zero-order valence-corrected chi connectivity index (χ0v) is 7.09. The molecule has 0 saturated carbocycles. The number of carbonyl (C=O) groups is 1. The number of aliphatic hydroxyl groups is 1. The number of benzene rings is 1. The normalized spacial score (nSPS) is 21.2. The monoisotopic (exact) mass is 185 g/mol. The first-order valence-electron chi connectivity index (χ1n) is 7.17. The summed E-state index contributed by atoms with van der Waals surface area (Å²) in [4.78, 5) is 11.3. The highest BCUT2D eigenvalue weighted by atomic mass is 16.3. The molecule has 0 aromatic heterocycles. The number of Topliss-reactive ketones (excluding diaryl/α,β-unsaturated/α-hetero) is 1. The van der Waals surface area contributed by atoms with E-state index in [-0.39, 0.29) is 5.56 Å². The van der Waals surface area contributed by atoms with Gasteiger partial charge in [0.25, 0.3) is 0 Å². The van der Waals surface area contributed by atoms with Crippen LogP contribution in [0.1, 0.15) is 44.9 Å². The summed E-state index contributed by atoms with van der Waals surface area (Å²) in [6, 6.07) is 3.21. The molecule has 1 aromatic carbocycles. The van der Waals surface area contributed by atoms with Crippen LogP contribution in [0.25, 0.3) is 0 Å². The van der Waals surface area contributed by atoms with Gasteiger partial charge in [-0.05, 0) is 30.5 Å². The molecular formula is C11H14O2. The Morgan fingerprint density at radius 1 is 1.62 bits per heavy atom. The highest BCUT2D eigenvalue weighted by Gasteiger charge is 2.03. The number of rotatable bonds is 3. The van der Waals surface area contributed by atoms with E-state index in [1.807, 2.05) is 0 Å². The SMILES string of the molecule is [2H]C([2H])(O)c1ccc(C(C)=O)cc1C([2H])([2H])C([2H])([2H])[2H]. The number of hydrogen-bond acceptors (Lipinski definition) is 2. The summed E-state index contributed by atoms with van der Waals surface area (Å²) in [6.45, 7) is -4.76. The number of aryl methyl sites for hydroxylation is 1. The Labute approximate surface area is 88.0 Å². The summed E-state index contributed by atoms with van der Waals surface area (Å²) in [5.74, 6) is -0.419. The van der Waals surface area contributed by atoms with Gasteiger partial charge in [0.05, 0.1) is 9.30 Å². The Bertz CT molecular complexity index is 529. The van der Waals surface area contributed by atoms with Crippen LogP contribution < -0.4 is 0 Å². The number of hydrogen-bond donors (Lipinski definition) is 1. The van der Waals surface area contributed by atoms with Crippen LogP contribution in [0.4, 0.5) is 0 Å². The van der Waals surface area contributed by atoms with Gasteiger partial charge in [-0.3, -0.25) is 4.79 Å². The molecule has 2 heteroatoms. The predicted octanol–water partition coefficient (Wildman–Crippen LogP) is 1.94. The highest BCUT2D eigenvalue weighted by molar-refractivity contribution is 5.94. The standard InChI is InChI=1S/C11H14O2/c1-3-9-6-10(8(2)13)4-5-11(9)7-12/h4-6,12H,3,7H2,1-2H3/i1D3,3D2,7D2. The third-order valence-electron chi connectivity index (χ3n) is 1.68. The Kier molecular flexibility index (Phi) is 1.27. The summed E-state index contributed by atoms with van der Waals surface area (Å²) in [6.07, 6.45) is -2.90. The molecule has 0 heterocycles. The molecule has 0 aliphatic carbocycles. The molecule has 0 amide bonds. The minimum atomic E-state index is -3.07. The Morgan fingerprint density at radius 2 is 2.38 bits per heavy atom. The van der Waals surface area contributed by atoms with Crippen molar-refractivity contribution in [2.45, 2.75) is 26.7 Å². The molecular weight excluding hydrogens is 164 g/mol. The van der Waals surface area contributed by atoms with E-state index in [1.54, 1.807) is 0 Å².